The van der Waals surface area contributed by atoms with Crippen LogP contribution in [0.1, 0.15) is 11.8 Å². The number of nitrogens with two attached hydrogens (primary N) is 1. The van der Waals surface area contributed by atoms with Gasteiger partial charge in [-0.15, -0.1) is 0 Å². The summed E-state index contributed by atoms with van der Waals surface area (Å²) in [7, 11) is 0. The van der Waals surface area contributed by atoms with E-state index in [1.807, 2.05) is 0 Å². The van der Waals surface area contributed by atoms with Crippen LogP contribution in [-0.2, 0) is 16.1 Å². The van der Waals surface area contributed by atoms with Crippen molar-refractivity contribution >= 4 is 11.7 Å². The summed E-state index contributed by atoms with van der Waals surface area (Å²) in [5, 5.41) is 23.0. The van der Waals surface area contributed by atoms with Crippen molar-refractivity contribution in [3.05, 3.63) is 46.5 Å². The molecular weight excluding hydrogens is 372 g/mol. The van der Waals surface area contributed by atoms with Gasteiger partial charge in [0.15, 0.2) is 23.8 Å². The summed E-state index contributed by atoms with van der Waals surface area (Å²) in [6, 6.07) is 6.56. The maximum atomic E-state index is 12.4. The largest absolute Gasteiger partial charge is 0.454 e. The van der Waals surface area contributed by atoms with Crippen LogP contribution in [0.3, 0.4) is 0 Å². The second-order valence-corrected chi connectivity index (χ2v) is 6.38. The SMILES string of the molecule is Nc1ccn([C@@H]2O[C@H](C(=O)NCc3ccc4c(c3)OCO4)[C@@H](O)[C@H]2O)c(=O)n1. The van der Waals surface area contributed by atoms with Crippen LogP contribution in [0.4, 0.5) is 5.82 Å². The van der Waals surface area contributed by atoms with E-state index < -0.39 is 36.1 Å². The summed E-state index contributed by atoms with van der Waals surface area (Å²) in [6.45, 7) is 0.290. The molecule has 3 heterocycles. The molecule has 1 saturated heterocycles. The van der Waals surface area contributed by atoms with E-state index in [0.29, 0.717) is 11.5 Å². The molecule has 0 saturated carbocycles. The maximum absolute atomic E-state index is 12.4. The van der Waals surface area contributed by atoms with Gasteiger partial charge in [0.25, 0.3) is 5.91 Å². The Morgan fingerprint density at radius 1 is 1.25 bits per heavy atom. The van der Waals surface area contributed by atoms with E-state index >= 15 is 0 Å². The number of carbonyl (C=O) groups excluding carboxylic acids is 1. The number of aliphatic hydroxyl groups excluding tert-OH is 2. The molecule has 0 radical (unpaired) electrons. The molecule has 1 fully saturated rings. The number of rotatable bonds is 4. The summed E-state index contributed by atoms with van der Waals surface area (Å²) in [6.07, 6.45) is -4.37. The second kappa shape index (κ2) is 7.11. The van der Waals surface area contributed by atoms with E-state index in [2.05, 4.69) is 10.3 Å². The minimum Gasteiger partial charge on any atom is -0.454 e. The van der Waals surface area contributed by atoms with E-state index in [9.17, 15) is 19.8 Å². The molecule has 0 bridgehead atoms. The third-order valence-electron chi connectivity index (χ3n) is 4.53. The predicted octanol–water partition coefficient (Wildman–Crippen LogP) is -1.51. The number of benzene rings is 1. The van der Waals surface area contributed by atoms with Gasteiger partial charge in [-0.1, -0.05) is 6.07 Å². The van der Waals surface area contributed by atoms with E-state index in [4.69, 9.17) is 19.9 Å². The van der Waals surface area contributed by atoms with Crippen LogP contribution in [0.5, 0.6) is 11.5 Å². The Morgan fingerprint density at radius 2 is 2.04 bits per heavy atom. The fraction of sp³-hybridized carbons (Fsp3) is 0.353. The molecule has 11 heteroatoms. The Bertz CT molecular complexity index is 963. The topological polar surface area (TPSA) is 158 Å². The van der Waals surface area contributed by atoms with Crippen molar-refractivity contribution in [2.45, 2.75) is 31.1 Å². The molecule has 1 amide bonds. The van der Waals surface area contributed by atoms with Crippen molar-refractivity contribution in [3.63, 3.8) is 0 Å². The van der Waals surface area contributed by atoms with Gasteiger partial charge in [-0.2, -0.15) is 4.98 Å². The summed E-state index contributed by atoms with van der Waals surface area (Å²) in [5.74, 6) is 0.572. The summed E-state index contributed by atoms with van der Waals surface area (Å²) in [5.41, 5.74) is 5.42. The number of aromatic nitrogens is 2. The number of aliphatic hydroxyl groups is 2. The molecular formula is C17H18N4O7. The van der Waals surface area contributed by atoms with Gasteiger partial charge < -0.3 is 35.5 Å². The maximum Gasteiger partial charge on any atom is 0.351 e. The molecule has 5 N–H and O–H groups in total. The van der Waals surface area contributed by atoms with Gasteiger partial charge in [0.05, 0.1) is 0 Å². The normalized spacial score (nSPS) is 25.6. The average Bonchev–Trinajstić information content (AvgIpc) is 3.25. The molecule has 11 nitrogen and oxygen atoms in total. The number of carbonyl (C=O) groups is 1. The summed E-state index contributed by atoms with van der Waals surface area (Å²) >= 11 is 0. The predicted molar refractivity (Wildman–Crippen MR) is 93.2 cm³/mol. The first-order valence-electron chi connectivity index (χ1n) is 8.46. The molecule has 148 valence electrons. The first-order chi connectivity index (χ1) is 13.4. The van der Waals surface area contributed by atoms with Crippen LogP contribution in [-0.4, -0.2) is 50.8 Å². The molecule has 2 aromatic rings. The number of hydrogen-bond acceptors (Lipinski definition) is 9. The van der Waals surface area contributed by atoms with Crippen LogP contribution >= 0.6 is 0 Å². The quantitative estimate of drug-likeness (QED) is 0.487. The lowest BCUT2D eigenvalue weighted by Gasteiger charge is -2.16. The number of hydrogen-bond donors (Lipinski definition) is 4. The Labute approximate surface area is 158 Å². The van der Waals surface area contributed by atoms with Gasteiger partial charge in [0.1, 0.15) is 18.0 Å². The van der Waals surface area contributed by atoms with Crippen molar-refractivity contribution in [2.24, 2.45) is 0 Å². The number of ether oxygens (including phenoxy) is 3. The van der Waals surface area contributed by atoms with Crippen LogP contribution in [0.25, 0.3) is 0 Å². The zero-order chi connectivity index (χ0) is 19.8. The summed E-state index contributed by atoms with van der Waals surface area (Å²) in [4.78, 5) is 27.9. The third kappa shape index (κ3) is 3.26. The fourth-order valence-electron chi connectivity index (χ4n) is 3.07. The van der Waals surface area contributed by atoms with Gasteiger partial charge in [0.2, 0.25) is 6.79 Å². The first kappa shape index (κ1) is 18.2. The van der Waals surface area contributed by atoms with Crippen molar-refractivity contribution in [3.8, 4) is 11.5 Å². The zero-order valence-electron chi connectivity index (χ0n) is 14.5. The number of amides is 1. The van der Waals surface area contributed by atoms with E-state index in [1.165, 1.54) is 12.3 Å². The lowest BCUT2D eigenvalue weighted by atomic mass is 10.1. The smallest absolute Gasteiger partial charge is 0.351 e. The van der Waals surface area contributed by atoms with Crippen LogP contribution in [0.15, 0.2) is 35.3 Å². The molecule has 0 unspecified atom stereocenters. The Balaban J connectivity index is 1.43. The number of nitrogens with one attached hydrogen (secondary N) is 1. The highest BCUT2D eigenvalue weighted by Crippen LogP contribution is 2.32. The molecule has 0 aliphatic carbocycles. The Morgan fingerprint density at radius 3 is 2.82 bits per heavy atom. The van der Waals surface area contributed by atoms with Gasteiger partial charge in [-0.05, 0) is 23.8 Å². The van der Waals surface area contributed by atoms with E-state index in [1.54, 1.807) is 18.2 Å². The highest BCUT2D eigenvalue weighted by molar-refractivity contribution is 5.81. The monoisotopic (exact) mass is 390 g/mol. The number of nitrogen functional groups attached to an aromatic ring is 1. The average molecular weight is 390 g/mol. The van der Waals surface area contributed by atoms with Crippen LogP contribution in [0.2, 0.25) is 0 Å². The summed E-state index contributed by atoms with van der Waals surface area (Å²) < 4.78 is 16.9. The van der Waals surface area contributed by atoms with Crippen molar-refractivity contribution < 1.29 is 29.2 Å². The van der Waals surface area contributed by atoms with E-state index in [-0.39, 0.29) is 19.2 Å². The lowest BCUT2D eigenvalue weighted by molar-refractivity contribution is -0.138. The number of anilines is 1. The molecule has 28 heavy (non-hydrogen) atoms. The van der Waals surface area contributed by atoms with Gasteiger partial charge in [-0.25, -0.2) is 4.79 Å². The van der Waals surface area contributed by atoms with Crippen molar-refractivity contribution in [1.29, 1.82) is 0 Å². The van der Waals surface area contributed by atoms with Crippen LogP contribution in [0, 0.1) is 0 Å². The van der Waals surface area contributed by atoms with Crippen molar-refractivity contribution in [1.82, 2.24) is 14.9 Å². The molecule has 0 spiro atoms. The van der Waals surface area contributed by atoms with Crippen molar-refractivity contribution in [2.75, 3.05) is 12.5 Å². The third-order valence-corrected chi connectivity index (χ3v) is 4.53. The second-order valence-electron chi connectivity index (χ2n) is 6.38. The van der Waals surface area contributed by atoms with Gasteiger partial charge in [0, 0.05) is 12.7 Å². The molecule has 2 aliphatic rings. The number of fused-ring (bicyclic) bond motifs is 1. The lowest BCUT2D eigenvalue weighted by Crippen LogP contribution is -2.42. The Kier molecular flexibility index (Phi) is 4.63. The minimum absolute atomic E-state index is 0.00676. The van der Waals surface area contributed by atoms with Crippen LogP contribution < -0.4 is 26.2 Å². The Hall–Kier alpha value is -3.15. The fourth-order valence-corrected chi connectivity index (χ4v) is 3.07. The molecule has 4 rings (SSSR count). The van der Waals surface area contributed by atoms with E-state index in [0.717, 1.165) is 10.1 Å². The molecule has 2 aliphatic heterocycles. The van der Waals surface area contributed by atoms with Gasteiger partial charge in [-0.3, -0.25) is 9.36 Å². The standard InChI is InChI=1S/C17H18N4O7/c18-11-3-4-21(17(25)20-11)16-13(23)12(22)14(28-16)15(24)19-6-8-1-2-9-10(5-8)27-7-26-9/h1-5,12-14,16,22-23H,6-7H2,(H,19,24)(H2,18,20,25)/t12-,13+,14-,16+/m0/s1. The highest BCUT2D eigenvalue weighted by atomic mass is 16.7. The number of nitrogens with zero attached hydrogens (tertiary/aromatic N) is 2. The van der Waals surface area contributed by atoms with Gasteiger partial charge >= 0.3 is 5.69 Å². The highest BCUT2D eigenvalue weighted by Gasteiger charge is 2.47. The molecule has 1 aromatic carbocycles. The molecule has 1 aromatic heterocycles. The first-order valence-corrected chi connectivity index (χ1v) is 8.46. The minimum atomic E-state index is -1.52. The molecule has 4 atom stereocenters. The zero-order valence-corrected chi connectivity index (χ0v) is 14.5.